The van der Waals surface area contributed by atoms with Crippen LogP contribution in [0.1, 0.15) is 30.1 Å². The highest BCUT2D eigenvalue weighted by Gasteiger charge is 2.30. The minimum atomic E-state index is -0.147. The maximum absolute atomic E-state index is 12.1. The second-order valence-electron chi connectivity index (χ2n) is 7.19. The van der Waals surface area contributed by atoms with Gasteiger partial charge in [-0.25, -0.2) is 9.97 Å². The fourth-order valence-electron chi connectivity index (χ4n) is 3.12. The third-order valence-electron chi connectivity index (χ3n) is 4.81. The summed E-state index contributed by atoms with van der Waals surface area (Å²) in [7, 11) is 3.35. The van der Waals surface area contributed by atoms with Crippen LogP contribution >= 0.6 is 0 Å². The number of benzene rings is 1. The normalized spacial score (nSPS) is 13.0. The van der Waals surface area contributed by atoms with Gasteiger partial charge >= 0.3 is 0 Å². The lowest BCUT2D eigenvalue weighted by Crippen LogP contribution is -2.15. The van der Waals surface area contributed by atoms with Crippen molar-refractivity contribution in [2.24, 2.45) is 13.0 Å². The highest BCUT2D eigenvalue weighted by atomic mass is 16.5. The number of aromatic nitrogens is 4. The number of rotatable bonds is 7. The first kappa shape index (κ1) is 19.6. The number of amides is 1. The van der Waals surface area contributed by atoms with E-state index in [4.69, 9.17) is 4.74 Å². The molecule has 30 heavy (non-hydrogen) atoms. The lowest BCUT2D eigenvalue weighted by atomic mass is 10.1. The van der Waals surface area contributed by atoms with E-state index in [-0.39, 0.29) is 17.6 Å². The quantitative estimate of drug-likeness (QED) is 0.580. The van der Waals surface area contributed by atoms with E-state index < -0.39 is 0 Å². The van der Waals surface area contributed by atoms with E-state index >= 15 is 0 Å². The summed E-state index contributed by atoms with van der Waals surface area (Å²) >= 11 is 0. The number of hydrogen-bond acceptors (Lipinski definition) is 7. The van der Waals surface area contributed by atoms with Gasteiger partial charge in [0, 0.05) is 25.2 Å². The SMILES string of the molecule is COc1c(Nc2cc(NC(=O)C3CC3)ncc2C(C)=O)cccc1-c1ncn(C)n1. The molecule has 1 aliphatic rings. The Balaban J connectivity index is 1.70. The summed E-state index contributed by atoms with van der Waals surface area (Å²) in [5.74, 6) is 1.31. The number of carbonyl (C=O) groups is 2. The van der Waals surface area contributed by atoms with Crippen LogP contribution in [0.25, 0.3) is 11.4 Å². The summed E-state index contributed by atoms with van der Waals surface area (Å²) in [5, 5.41) is 10.4. The lowest BCUT2D eigenvalue weighted by molar-refractivity contribution is -0.117. The van der Waals surface area contributed by atoms with Crippen molar-refractivity contribution >= 4 is 28.9 Å². The number of aryl methyl sites for hydroxylation is 1. The zero-order valence-corrected chi connectivity index (χ0v) is 17.0. The third-order valence-corrected chi connectivity index (χ3v) is 4.81. The lowest BCUT2D eigenvalue weighted by Gasteiger charge is -2.16. The molecule has 0 aliphatic heterocycles. The fourth-order valence-corrected chi connectivity index (χ4v) is 3.12. The number of pyridine rings is 1. The molecule has 0 bridgehead atoms. The van der Waals surface area contributed by atoms with E-state index in [1.54, 1.807) is 31.2 Å². The van der Waals surface area contributed by atoms with E-state index in [1.807, 2.05) is 18.2 Å². The van der Waals surface area contributed by atoms with Gasteiger partial charge in [0.05, 0.1) is 29.6 Å². The van der Waals surface area contributed by atoms with Gasteiger partial charge < -0.3 is 15.4 Å². The van der Waals surface area contributed by atoms with Crippen LogP contribution in [0.15, 0.2) is 36.8 Å². The molecule has 0 spiro atoms. The second-order valence-corrected chi connectivity index (χ2v) is 7.19. The number of ketones is 1. The molecule has 1 amide bonds. The number of para-hydroxylation sites is 1. The van der Waals surface area contributed by atoms with E-state index in [0.29, 0.717) is 39.9 Å². The molecule has 2 N–H and O–H groups in total. The van der Waals surface area contributed by atoms with Gasteiger partial charge in [-0.2, -0.15) is 5.10 Å². The van der Waals surface area contributed by atoms with Gasteiger partial charge in [0.15, 0.2) is 17.4 Å². The Morgan fingerprint density at radius 3 is 2.63 bits per heavy atom. The Morgan fingerprint density at radius 2 is 2.00 bits per heavy atom. The van der Waals surface area contributed by atoms with Crippen molar-refractivity contribution in [3.63, 3.8) is 0 Å². The van der Waals surface area contributed by atoms with Crippen molar-refractivity contribution in [2.45, 2.75) is 19.8 Å². The summed E-state index contributed by atoms with van der Waals surface area (Å²) in [6.45, 7) is 1.47. The average molecular weight is 406 g/mol. The fraction of sp³-hybridized carbons (Fsp3) is 0.286. The summed E-state index contributed by atoms with van der Waals surface area (Å²) in [5.41, 5.74) is 2.27. The van der Waals surface area contributed by atoms with Crippen LogP contribution in [-0.4, -0.2) is 38.5 Å². The molecule has 4 rings (SSSR count). The van der Waals surface area contributed by atoms with Crippen molar-refractivity contribution < 1.29 is 14.3 Å². The first-order valence-corrected chi connectivity index (χ1v) is 9.58. The van der Waals surface area contributed by atoms with Gasteiger partial charge in [-0.1, -0.05) is 6.07 Å². The molecule has 1 aliphatic carbocycles. The number of nitrogens with zero attached hydrogens (tertiary/aromatic N) is 4. The summed E-state index contributed by atoms with van der Waals surface area (Å²) in [6, 6.07) is 7.19. The van der Waals surface area contributed by atoms with Gasteiger partial charge in [0.2, 0.25) is 5.91 Å². The van der Waals surface area contributed by atoms with Crippen LogP contribution in [0, 0.1) is 5.92 Å². The average Bonchev–Trinajstić information content (AvgIpc) is 3.49. The minimum absolute atomic E-state index is 0.0511. The van der Waals surface area contributed by atoms with Crippen molar-refractivity contribution in [1.82, 2.24) is 19.7 Å². The molecule has 1 fully saturated rings. The topological polar surface area (TPSA) is 111 Å². The number of anilines is 3. The number of carbonyl (C=O) groups excluding carboxylic acids is 2. The maximum atomic E-state index is 12.1. The third kappa shape index (κ3) is 4.00. The van der Waals surface area contributed by atoms with Crippen molar-refractivity contribution in [3.8, 4) is 17.1 Å². The molecule has 0 radical (unpaired) electrons. The van der Waals surface area contributed by atoms with Gasteiger partial charge in [-0.05, 0) is 31.9 Å². The van der Waals surface area contributed by atoms with Crippen LogP contribution in [0.3, 0.4) is 0 Å². The van der Waals surface area contributed by atoms with Crippen molar-refractivity contribution in [2.75, 3.05) is 17.7 Å². The zero-order valence-electron chi connectivity index (χ0n) is 17.0. The van der Waals surface area contributed by atoms with E-state index in [0.717, 1.165) is 12.8 Å². The molecule has 0 saturated heterocycles. The first-order valence-electron chi connectivity index (χ1n) is 9.58. The molecule has 3 aromatic rings. The Bertz CT molecular complexity index is 1120. The Labute approximate surface area is 173 Å². The standard InChI is InChI=1S/C21H22N6O3/c1-12(28)15-10-22-18(25-21(29)13-7-8-13)9-17(15)24-16-6-4-5-14(19(16)30-3)20-23-11-27(2)26-20/h4-6,9-11,13H,7-8H2,1-3H3,(H2,22,24,25,29). The predicted octanol–water partition coefficient (Wildman–Crippen LogP) is 3.18. The van der Waals surface area contributed by atoms with Crippen LogP contribution in [0.4, 0.5) is 17.2 Å². The van der Waals surface area contributed by atoms with Gasteiger partial charge in [-0.3, -0.25) is 14.3 Å². The molecule has 154 valence electrons. The number of nitrogens with one attached hydrogen (secondary N) is 2. The molecular weight excluding hydrogens is 384 g/mol. The summed E-state index contributed by atoms with van der Waals surface area (Å²) in [4.78, 5) is 32.7. The van der Waals surface area contributed by atoms with Gasteiger partial charge in [0.25, 0.3) is 0 Å². The first-order chi connectivity index (χ1) is 14.5. The van der Waals surface area contributed by atoms with Crippen molar-refractivity contribution in [1.29, 1.82) is 0 Å². The van der Waals surface area contributed by atoms with Crippen LogP contribution in [-0.2, 0) is 11.8 Å². The molecule has 2 aromatic heterocycles. The van der Waals surface area contributed by atoms with Gasteiger partial charge in [0.1, 0.15) is 12.1 Å². The minimum Gasteiger partial charge on any atom is -0.494 e. The number of ether oxygens (including phenoxy) is 1. The highest BCUT2D eigenvalue weighted by molar-refractivity contribution is 6.01. The zero-order chi connectivity index (χ0) is 21.3. The highest BCUT2D eigenvalue weighted by Crippen LogP contribution is 2.37. The number of Topliss-reactive ketones (excluding diaryl/α,β-unsaturated/α-hetero) is 1. The number of hydrogen-bond donors (Lipinski definition) is 2. The van der Waals surface area contributed by atoms with Crippen LogP contribution in [0.2, 0.25) is 0 Å². The van der Waals surface area contributed by atoms with Crippen LogP contribution < -0.4 is 15.4 Å². The van der Waals surface area contributed by atoms with E-state index in [2.05, 4.69) is 25.7 Å². The van der Waals surface area contributed by atoms with E-state index in [9.17, 15) is 9.59 Å². The molecule has 9 heteroatoms. The van der Waals surface area contributed by atoms with Crippen LogP contribution in [0.5, 0.6) is 5.75 Å². The summed E-state index contributed by atoms with van der Waals surface area (Å²) < 4.78 is 7.24. The molecule has 2 heterocycles. The molecule has 1 saturated carbocycles. The Kier molecular flexibility index (Phi) is 5.18. The molecule has 0 atom stereocenters. The summed E-state index contributed by atoms with van der Waals surface area (Å²) in [6.07, 6.45) is 4.87. The molecule has 0 unspecified atom stereocenters. The monoisotopic (exact) mass is 406 g/mol. The van der Waals surface area contributed by atoms with Crippen molar-refractivity contribution in [3.05, 3.63) is 42.4 Å². The predicted molar refractivity (Wildman–Crippen MR) is 112 cm³/mol. The Morgan fingerprint density at radius 1 is 1.20 bits per heavy atom. The maximum Gasteiger partial charge on any atom is 0.228 e. The molecular formula is C21H22N6O3. The van der Waals surface area contributed by atoms with Gasteiger partial charge in [-0.15, -0.1) is 0 Å². The Hall–Kier alpha value is -3.75. The second kappa shape index (κ2) is 7.94. The molecule has 1 aromatic carbocycles. The molecule has 9 nitrogen and oxygen atoms in total. The number of methoxy groups -OCH3 is 1. The van der Waals surface area contributed by atoms with E-state index in [1.165, 1.54) is 13.1 Å². The largest absolute Gasteiger partial charge is 0.494 e. The smallest absolute Gasteiger partial charge is 0.228 e.